The van der Waals surface area contributed by atoms with Gasteiger partial charge in [-0.3, -0.25) is 9.82 Å². The molecule has 1 heterocycles. The highest BCUT2D eigenvalue weighted by Crippen LogP contribution is 2.15. The van der Waals surface area contributed by atoms with Gasteiger partial charge in [-0.1, -0.05) is 20.8 Å². The number of rotatable bonds is 8. The van der Waals surface area contributed by atoms with Crippen molar-refractivity contribution in [1.82, 2.24) is 14.5 Å². The highest BCUT2D eigenvalue weighted by molar-refractivity contribution is 7.90. The standard InChI is InChI=1S/C11H22N4O2S/c1-4-7-15(8-5-2)18(16,17)14-11-10(6-3)9-12-13-11/h9H,4-8H2,1-3H3,(H2,12,13,14). The van der Waals surface area contributed by atoms with Crippen LogP contribution in [-0.2, 0) is 16.6 Å². The largest absolute Gasteiger partial charge is 0.302 e. The molecule has 0 aliphatic heterocycles. The summed E-state index contributed by atoms with van der Waals surface area (Å²) in [5.74, 6) is 0.467. The molecule has 0 radical (unpaired) electrons. The van der Waals surface area contributed by atoms with E-state index in [4.69, 9.17) is 0 Å². The van der Waals surface area contributed by atoms with E-state index in [9.17, 15) is 8.42 Å². The second-order valence-electron chi connectivity index (χ2n) is 4.13. The van der Waals surface area contributed by atoms with E-state index in [0.717, 1.165) is 24.8 Å². The van der Waals surface area contributed by atoms with E-state index in [2.05, 4.69) is 14.9 Å². The van der Waals surface area contributed by atoms with Gasteiger partial charge in [-0.25, -0.2) is 0 Å². The third-order valence-corrected chi connectivity index (χ3v) is 4.12. The Balaban J connectivity index is 2.85. The number of nitrogens with one attached hydrogen (secondary N) is 2. The van der Waals surface area contributed by atoms with E-state index in [1.807, 2.05) is 20.8 Å². The molecular formula is C11H22N4O2S. The molecule has 2 N–H and O–H groups in total. The lowest BCUT2D eigenvalue weighted by atomic mass is 10.3. The monoisotopic (exact) mass is 274 g/mol. The molecule has 0 unspecified atom stereocenters. The Morgan fingerprint density at radius 1 is 1.28 bits per heavy atom. The SMILES string of the molecule is CCCN(CCC)S(=O)(=O)Nc1[nH]ncc1CC. The van der Waals surface area contributed by atoms with Gasteiger partial charge in [0.1, 0.15) is 5.82 Å². The van der Waals surface area contributed by atoms with Gasteiger partial charge in [0.2, 0.25) is 0 Å². The molecule has 1 aromatic rings. The molecule has 18 heavy (non-hydrogen) atoms. The molecule has 0 saturated heterocycles. The van der Waals surface area contributed by atoms with E-state index in [-0.39, 0.29) is 0 Å². The van der Waals surface area contributed by atoms with E-state index in [1.165, 1.54) is 4.31 Å². The van der Waals surface area contributed by atoms with Crippen LogP contribution in [0.5, 0.6) is 0 Å². The summed E-state index contributed by atoms with van der Waals surface area (Å²) in [6.45, 7) is 6.94. The van der Waals surface area contributed by atoms with Crippen molar-refractivity contribution in [2.45, 2.75) is 40.0 Å². The number of H-pyrrole nitrogens is 1. The summed E-state index contributed by atoms with van der Waals surface area (Å²) in [6.07, 6.45) is 3.97. The Morgan fingerprint density at radius 3 is 2.39 bits per heavy atom. The fourth-order valence-electron chi connectivity index (χ4n) is 1.71. The molecule has 0 fully saturated rings. The molecule has 7 heteroatoms. The average Bonchev–Trinajstić information content (AvgIpc) is 2.75. The first-order chi connectivity index (χ1) is 8.55. The maximum absolute atomic E-state index is 12.2. The molecular weight excluding hydrogens is 252 g/mol. The topological polar surface area (TPSA) is 78.1 Å². The summed E-state index contributed by atoms with van der Waals surface area (Å²) < 4.78 is 28.5. The zero-order valence-corrected chi connectivity index (χ0v) is 12.0. The summed E-state index contributed by atoms with van der Waals surface area (Å²) in [7, 11) is -3.49. The number of aryl methyl sites for hydroxylation is 1. The number of nitrogens with zero attached hydrogens (tertiary/aromatic N) is 2. The first kappa shape index (κ1) is 15.0. The minimum absolute atomic E-state index is 0.467. The Labute approximate surface area is 109 Å². The zero-order chi connectivity index (χ0) is 13.6. The second kappa shape index (κ2) is 6.75. The quantitative estimate of drug-likeness (QED) is 0.758. The summed E-state index contributed by atoms with van der Waals surface area (Å²) in [5, 5.41) is 6.54. The molecule has 1 aromatic heterocycles. The molecule has 0 aliphatic rings. The third-order valence-electron chi connectivity index (χ3n) is 2.62. The van der Waals surface area contributed by atoms with Crippen molar-refractivity contribution in [3.05, 3.63) is 11.8 Å². The minimum atomic E-state index is -3.49. The van der Waals surface area contributed by atoms with Crippen LogP contribution in [0.1, 0.15) is 39.2 Å². The minimum Gasteiger partial charge on any atom is -0.262 e. The van der Waals surface area contributed by atoms with Crippen LogP contribution in [0.3, 0.4) is 0 Å². The van der Waals surface area contributed by atoms with Crippen LogP contribution in [0.4, 0.5) is 5.82 Å². The van der Waals surface area contributed by atoms with Crippen molar-refractivity contribution in [3.63, 3.8) is 0 Å². The molecule has 0 atom stereocenters. The summed E-state index contributed by atoms with van der Waals surface area (Å²) in [5.41, 5.74) is 0.867. The van der Waals surface area contributed by atoms with Crippen molar-refractivity contribution >= 4 is 16.0 Å². The zero-order valence-electron chi connectivity index (χ0n) is 11.2. The van der Waals surface area contributed by atoms with Gasteiger partial charge in [0, 0.05) is 18.7 Å². The van der Waals surface area contributed by atoms with Crippen LogP contribution < -0.4 is 4.72 Å². The van der Waals surface area contributed by atoms with Gasteiger partial charge >= 0.3 is 10.2 Å². The van der Waals surface area contributed by atoms with Crippen molar-refractivity contribution in [2.24, 2.45) is 0 Å². The number of aromatic amines is 1. The smallest absolute Gasteiger partial charge is 0.262 e. The predicted octanol–water partition coefficient (Wildman–Crippen LogP) is 1.75. The Kier molecular flexibility index (Phi) is 5.61. The maximum Gasteiger partial charge on any atom is 0.302 e. The number of aromatic nitrogens is 2. The van der Waals surface area contributed by atoms with Crippen molar-refractivity contribution in [1.29, 1.82) is 0 Å². The first-order valence-corrected chi connectivity index (χ1v) is 7.79. The summed E-state index contributed by atoms with van der Waals surface area (Å²) in [6, 6.07) is 0. The van der Waals surface area contributed by atoms with Gasteiger partial charge < -0.3 is 0 Å². The number of hydrogen-bond acceptors (Lipinski definition) is 3. The predicted molar refractivity (Wildman–Crippen MR) is 72.7 cm³/mol. The normalized spacial score (nSPS) is 12.0. The van der Waals surface area contributed by atoms with Crippen molar-refractivity contribution in [3.8, 4) is 0 Å². The van der Waals surface area contributed by atoms with Crippen LogP contribution in [0, 0.1) is 0 Å². The second-order valence-corrected chi connectivity index (χ2v) is 5.80. The molecule has 0 aliphatic carbocycles. The van der Waals surface area contributed by atoms with Crippen molar-refractivity contribution in [2.75, 3.05) is 17.8 Å². The lowest BCUT2D eigenvalue weighted by Gasteiger charge is -2.21. The molecule has 1 rings (SSSR count). The summed E-state index contributed by atoms with van der Waals surface area (Å²) in [4.78, 5) is 0. The van der Waals surface area contributed by atoms with Gasteiger partial charge in [-0.05, 0) is 19.3 Å². The average molecular weight is 274 g/mol. The van der Waals surface area contributed by atoms with Crippen LogP contribution >= 0.6 is 0 Å². The fraction of sp³-hybridized carbons (Fsp3) is 0.727. The van der Waals surface area contributed by atoms with Crippen LogP contribution in [0.15, 0.2) is 6.20 Å². The number of hydrogen-bond donors (Lipinski definition) is 2. The van der Waals surface area contributed by atoms with Crippen molar-refractivity contribution < 1.29 is 8.42 Å². The van der Waals surface area contributed by atoms with Gasteiger partial charge in [0.15, 0.2) is 0 Å². The highest BCUT2D eigenvalue weighted by atomic mass is 32.2. The molecule has 0 bridgehead atoms. The molecule has 104 valence electrons. The molecule has 0 saturated carbocycles. The van der Waals surface area contributed by atoms with E-state index >= 15 is 0 Å². The van der Waals surface area contributed by atoms with Crippen LogP contribution in [0.2, 0.25) is 0 Å². The number of anilines is 1. The van der Waals surface area contributed by atoms with Gasteiger partial charge in [-0.2, -0.15) is 17.8 Å². The molecule has 0 amide bonds. The van der Waals surface area contributed by atoms with E-state index in [1.54, 1.807) is 6.20 Å². The third kappa shape index (κ3) is 3.71. The molecule has 6 nitrogen and oxygen atoms in total. The van der Waals surface area contributed by atoms with Gasteiger partial charge in [0.05, 0.1) is 6.20 Å². The van der Waals surface area contributed by atoms with E-state index in [0.29, 0.717) is 18.9 Å². The summed E-state index contributed by atoms with van der Waals surface area (Å²) >= 11 is 0. The lowest BCUT2D eigenvalue weighted by molar-refractivity contribution is 0.413. The highest BCUT2D eigenvalue weighted by Gasteiger charge is 2.21. The Bertz CT molecular complexity index is 449. The van der Waals surface area contributed by atoms with E-state index < -0.39 is 10.2 Å². The maximum atomic E-state index is 12.2. The lowest BCUT2D eigenvalue weighted by Crippen LogP contribution is -2.37. The van der Waals surface area contributed by atoms with Crippen LogP contribution in [0.25, 0.3) is 0 Å². The Hall–Kier alpha value is -1.08. The van der Waals surface area contributed by atoms with Crippen LogP contribution in [-0.4, -0.2) is 36.0 Å². The fourth-order valence-corrected chi connectivity index (χ4v) is 3.12. The molecule has 0 aromatic carbocycles. The molecule has 0 spiro atoms. The van der Waals surface area contributed by atoms with Gasteiger partial charge in [-0.15, -0.1) is 0 Å². The first-order valence-electron chi connectivity index (χ1n) is 6.35. The van der Waals surface area contributed by atoms with Gasteiger partial charge in [0.25, 0.3) is 0 Å². The Morgan fingerprint density at radius 2 is 1.89 bits per heavy atom.